The highest BCUT2D eigenvalue weighted by Crippen LogP contribution is 2.29. The first-order chi connectivity index (χ1) is 12.2. The van der Waals surface area contributed by atoms with Gasteiger partial charge in [0.1, 0.15) is 12.0 Å². The number of hydrogen-bond donors (Lipinski definition) is 0. The monoisotopic (exact) mass is 337 g/mol. The maximum absolute atomic E-state index is 5.00. The predicted molar refractivity (Wildman–Crippen MR) is 103 cm³/mol. The van der Waals surface area contributed by atoms with Crippen LogP contribution in [0.15, 0.2) is 23.2 Å². The lowest BCUT2D eigenvalue weighted by Gasteiger charge is -2.36. The van der Waals surface area contributed by atoms with Gasteiger partial charge in [0.25, 0.3) is 0 Å². The predicted octanol–water partition coefficient (Wildman–Crippen LogP) is 3.07. The summed E-state index contributed by atoms with van der Waals surface area (Å²) >= 11 is 0. The standard InChI is InChI=1S/C20H27N5/c1-14-13-25(15(2)21-14)17-6-7-19-18(12-17)22-20-8-9-23(10-11-24(19)20)16-4-3-5-16/h6-7,12,15-16H,3-5,8-11,13H2,1-2H3. The Morgan fingerprint density at radius 3 is 2.72 bits per heavy atom. The van der Waals surface area contributed by atoms with E-state index in [-0.39, 0.29) is 6.17 Å². The van der Waals surface area contributed by atoms with E-state index in [1.165, 1.54) is 48.5 Å². The Morgan fingerprint density at radius 2 is 2.00 bits per heavy atom. The normalized spacial score (nSPS) is 25.0. The van der Waals surface area contributed by atoms with E-state index in [1.54, 1.807) is 0 Å². The zero-order chi connectivity index (χ0) is 17.0. The number of fused-ring (bicyclic) bond motifs is 3. The van der Waals surface area contributed by atoms with Crippen LogP contribution in [0.2, 0.25) is 0 Å². The molecule has 0 N–H and O–H groups in total. The van der Waals surface area contributed by atoms with Crippen LogP contribution < -0.4 is 4.90 Å². The van der Waals surface area contributed by atoms with Crippen molar-refractivity contribution in [3.8, 4) is 0 Å². The van der Waals surface area contributed by atoms with Gasteiger partial charge in [-0.3, -0.25) is 9.89 Å². The largest absolute Gasteiger partial charge is 0.344 e. The lowest BCUT2D eigenvalue weighted by atomic mass is 9.91. The topological polar surface area (TPSA) is 36.7 Å². The van der Waals surface area contributed by atoms with Crippen LogP contribution in [0.5, 0.6) is 0 Å². The summed E-state index contributed by atoms with van der Waals surface area (Å²) in [4.78, 5) is 14.7. The Hall–Kier alpha value is -1.88. The van der Waals surface area contributed by atoms with Crippen LogP contribution in [0.25, 0.3) is 11.0 Å². The molecule has 0 amide bonds. The van der Waals surface area contributed by atoms with E-state index < -0.39 is 0 Å². The molecule has 5 rings (SSSR count). The van der Waals surface area contributed by atoms with Crippen LogP contribution in [0.4, 0.5) is 5.69 Å². The molecule has 1 fully saturated rings. The summed E-state index contributed by atoms with van der Waals surface area (Å²) in [6.45, 7) is 8.61. The van der Waals surface area contributed by atoms with Gasteiger partial charge in [0.2, 0.25) is 0 Å². The van der Waals surface area contributed by atoms with Crippen LogP contribution in [-0.2, 0) is 13.0 Å². The second kappa shape index (κ2) is 5.84. The number of imidazole rings is 1. The Bertz CT molecular complexity index is 832. The van der Waals surface area contributed by atoms with E-state index >= 15 is 0 Å². The van der Waals surface area contributed by atoms with E-state index in [0.29, 0.717) is 0 Å². The molecule has 5 nitrogen and oxygen atoms in total. The maximum atomic E-state index is 5.00. The Morgan fingerprint density at radius 1 is 1.12 bits per heavy atom. The van der Waals surface area contributed by atoms with Gasteiger partial charge in [-0.05, 0) is 44.9 Å². The first-order valence-electron chi connectivity index (χ1n) is 9.72. The molecule has 0 saturated heterocycles. The van der Waals surface area contributed by atoms with Gasteiger partial charge in [0, 0.05) is 43.5 Å². The second-order valence-corrected chi connectivity index (χ2v) is 7.85. The van der Waals surface area contributed by atoms with Gasteiger partial charge in [-0.1, -0.05) is 6.42 Å². The summed E-state index contributed by atoms with van der Waals surface area (Å²) < 4.78 is 2.45. The molecule has 25 heavy (non-hydrogen) atoms. The van der Waals surface area contributed by atoms with Crippen molar-refractivity contribution in [3.05, 3.63) is 24.0 Å². The molecule has 1 aliphatic carbocycles. The average molecular weight is 337 g/mol. The lowest BCUT2D eigenvalue weighted by Crippen LogP contribution is -2.41. The van der Waals surface area contributed by atoms with Gasteiger partial charge in [0.05, 0.1) is 17.6 Å². The average Bonchev–Trinajstić information content (AvgIpc) is 2.99. The van der Waals surface area contributed by atoms with Crippen molar-refractivity contribution in [2.24, 2.45) is 4.99 Å². The van der Waals surface area contributed by atoms with Crippen LogP contribution in [0.1, 0.15) is 38.9 Å². The molecule has 1 aromatic heterocycles. The van der Waals surface area contributed by atoms with Crippen molar-refractivity contribution in [3.63, 3.8) is 0 Å². The molecule has 5 heteroatoms. The molecular formula is C20H27N5. The third kappa shape index (κ3) is 2.56. The third-order valence-electron chi connectivity index (χ3n) is 6.22. The van der Waals surface area contributed by atoms with E-state index in [4.69, 9.17) is 4.98 Å². The molecular weight excluding hydrogens is 310 g/mol. The maximum Gasteiger partial charge on any atom is 0.118 e. The number of hydrogen-bond acceptors (Lipinski definition) is 4. The minimum absolute atomic E-state index is 0.230. The van der Waals surface area contributed by atoms with E-state index in [9.17, 15) is 0 Å². The minimum atomic E-state index is 0.230. The van der Waals surface area contributed by atoms with Crippen molar-refractivity contribution < 1.29 is 0 Å². The van der Waals surface area contributed by atoms with E-state index in [0.717, 1.165) is 37.6 Å². The highest BCUT2D eigenvalue weighted by Gasteiger charge is 2.27. The fraction of sp³-hybridized carbons (Fsp3) is 0.600. The smallest absolute Gasteiger partial charge is 0.118 e. The second-order valence-electron chi connectivity index (χ2n) is 7.85. The molecule has 0 radical (unpaired) electrons. The van der Waals surface area contributed by atoms with E-state index in [1.807, 2.05) is 0 Å². The van der Waals surface area contributed by atoms with Crippen molar-refractivity contribution >= 4 is 22.4 Å². The number of rotatable bonds is 2. The summed E-state index contributed by atoms with van der Waals surface area (Å²) in [5.74, 6) is 1.26. The van der Waals surface area contributed by atoms with Gasteiger partial charge in [-0.2, -0.15) is 0 Å². The number of anilines is 1. The van der Waals surface area contributed by atoms with Crippen LogP contribution in [0.3, 0.4) is 0 Å². The molecule has 1 unspecified atom stereocenters. The summed E-state index contributed by atoms with van der Waals surface area (Å²) in [6.07, 6.45) is 5.50. The molecule has 3 aliphatic rings. The Labute approximate surface area is 149 Å². The Kier molecular flexibility index (Phi) is 3.59. The van der Waals surface area contributed by atoms with Gasteiger partial charge in [-0.15, -0.1) is 0 Å². The van der Waals surface area contributed by atoms with Crippen LogP contribution >= 0.6 is 0 Å². The summed E-state index contributed by atoms with van der Waals surface area (Å²) in [7, 11) is 0. The van der Waals surface area contributed by atoms with Crippen LogP contribution in [-0.4, -0.2) is 52.0 Å². The zero-order valence-corrected chi connectivity index (χ0v) is 15.3. The lowest BCUT2D eigenvalue weighted by molar-refractivity contribution is 0.130. The molecule has 1 aromatic carbocycles. The van der Waals surface area contributed by atoms with Gasteiger partial charge in [-0.25, -0.2) is 4.98 Å². The number of aromatic nitrogens is 2. The molecule has 0 bridgehead atoms. The molecule has 0 spiro atoms. The van der Waals surface area contributed by atoms with Crippen molar-refractivity contribution in [2.75, 3.05) is 24.5 Å². The zero-order valence-electron chi connectivity index (χ0n) is 15.3. The fourth-order valence-electron chi connectivity index (χ4n) is 4.60. The molecule has 132 valence electrons. The quantitative estimate of drug-likeness (QED) is 0.845. The third-order valence-corrected chi connectivity index (χ3v) is 6.22. The van der Waals surface area contributed by atoms with E-state index in [2.05, 4.69) is 51.4 Å². The number of aliphatic imine (C=N–C) groups is 1. The van der Waals surface area contributed by atoms with Gasteiger partial charge >= 0.3 is 0 Å². The molecule has 2 aliphatic heterocycles. The van der Waals surface area contributed by atoms with Crippen molar-refractivity contribution in [2.45, 2.75) is 58.3 Å². The fourth-order valence-corrected chi connectivity index (χ4v) is 4.60. The molecule has 2 aromatic rings. The van der Waals surface area contributed by atoms with Crippen LogP contribution in [0, 0.1) is 0 Å². The van der Waals surface area contributed by atoms with Gasteiger partial charge < -0.3 is 9.47 Å². The Balaban J connectivity index is 1.42. The van der Waals surface area contributed by atoms with Crippen molar-refractivity contribution in [1.82, 2.24) is 14.5 Å². The molecule has 3 heterocycles. The van der Waals surface area contributed by atoms with Gasteiger partial charge in [0.15, 0.2) is 0 Å². The SMILES string of the molecule is CC1=NC(C)N(c2ccc3c(c2)nc2n3CCN(C3CCC3)CC2)C1. The first-order valence-corrected chi connectivity index (χ1v) is 9.72. The summed E-state index contributed by atoms with van der Waals surface area (Å²) in [5, 5.41) is 0. The highest BCUT2D eigenvalue weighted by molar-refractivity contribution is 5.90. The minimum Gasteiger partial charge on any atom is -0.344 e. The molecule has 1 atom stereocenters. The number of nitrogens with zero attached hydrogens (tertiary/aromatic N) is 5. The molecule has 1 saturated carbocycles. The number of benzene rings is 1. The van der Waals surface area contributed by atoms with Crippen molar-refractivity contribution in [1.29, 1.82) is 0 Å². The summed E-state index contributed by atoms with van der Waals surface area (Å²) in [5.41, 5.74) is 4.88. The first kappa shape index (κ1) is 15.4. The summed E-state index contributed by atoms with van der Waals surface area (Å²) in [6, 6.07) is 7.60. The highest BCUT2D eigenvalue weighted by atomic mass is 15.3.